The summed E-state index contributed by atoms with van der Waals surface area (Å²) >= 11 is 0. The van der Waals surface area contributed by atoms with E-state index in [1.165, 1.54) is 0 Å². The van der Waals surface area contributed by atoms with Crippen LogP contribution in [0.1, 0.15) is 38.2 Å². The quantitative estimate of drug-likeness (QED) is 0.820. The molecule has 0 unspecified atom stereocenters. The maximum absolute atomic E-state index is 12.4. The summed E-state index contributed by atoms with van der Waals surface area (Å²) in [5.74, 6) is 1.61. The highest BCUT2D eigenvalue weighted by molar-refractivity contribution is 5.77. The minimum absolute atomic E-state index is 0.0817. The maximum atomic E-state index is 12.4. The zero-order valence-electron chi connectivity index (χ0n) is 15.3. The molecule has 0 atom stereocenters. The van der Waals surface area contributed by atoms with Gasteiger partial charge in [0, 0.05) is 32.0 Å². The van der Waals surface area contributed by atoms with Gasteiger partial charge >= 0.3 is 0 Å². The lowest BCUT2D eigenvalue weighted by molar-refractivity contribution is -0.132. The smallest absolute Gasteiger partial charge is 0.222 e. The Bertz CT molecular complexity index is 595. The van der Waals surface area contributed by atoms with Crippen molar-refractivity contribution < 1.29 is 19.1 Å². The third kappa shape index (κ3) is 5.37. The first kappa shape index (κ1) is 19.1. The zero-order valence-corrected chi connectivity index (χ0v) is 15.3. The van der Waals surface area contributed by atoms with Gasteiger partial charge in [0.25, 0.3) is 0 Å². The molecule has 138 valence electrons. The van der Waals surface area contributed by atoms with Crippen LogP contribution in [-0.4, -0.2) is 50.1 Å². The van der Waals surface area contributed by atoms with E-state index >= 15 is 0 Å². The molecule has 25 heavy (non-hydrogen) atoms. The number of hydrogen-bond donors (Lipinski definition) is 1. The molecule has 1 aliphatic rings. The lowest BCUT2D eigenvalue weighted by atomic mass is 10.0. The molecule has 1 aromatic carbocycles. The molecular weight excluding hydrogens is 320 g/mol. The number of carbonyl (C=O) groups is 2. The number of nitrogens with zero attached hydrogens (tertiary/aromatic N) is 1. The molecule has 2 rings (SSSR count). The number of rotatable bonds is 7. The summed E-state index contributed by atoms with van der Waals surface area (Å²) in [5, 5.41) is 3.01. The van der Waals surface area contributed by atoms with Crippen LogP contribution >= 0.6 is 0 Å². The van der Waals surface area contributed by atoms with Crippen LogP contribution in [0.5, 0.6) is 11.5 Å². The second kappa shape index (κ2) is 9.30. The van der Waals surface area contributed by atoms with Gasteiger partial charge in [0.2, 0.25) is 11.8 Å². The van der Waals surface area contributed by atoms with Gasteiger partial charge in [-0.3, -0.25) is 9.59 Å². The van der Waals surface area contributed by atoms with Gasteiger partial charge < -0.3 is 19.7 Å². The van der Waals surface area contributed by atoms with E-state index in [9.17, 15) is 9.59 Å². The van der Waals surface area contributed by atoms with Gasteiger partial charge in [0.15, 0.2) is 11.5 Å². The summed E-state index contributed by atoms with van der Waals surface area (Å²) in [6.45, 7) is 3.26. The number of piperidine rings is 1. The first-order valence-corrected chi connectivity index (χ1v) is 8.85. The average Bonchev–Trinajstić information content (AvgIpc) is 2.66. The van der Waals surface area contributed by atoms with Crippen molar-refractivity contribution in [2.45, 2.75) is 45.1 Å². The summed E-state index contributed by atoms with van der Waals surface area (Å²) in [6, 6.07) is 5.93. The molecule has 0 spiro atoms. The van der Waals surface area contributed by atoms with Gasteiger partial charge in [0.05, 0.1) is 14.2 Å². The van der Waals surface area contributed by atoms with E-state index in [2.05, 4.69) is 5.32 Å². The number of aryl methyl sites for hydroxylation is 1. The van der Waals surface area contributed by atoms with Crippen LogP contribution in [-0.2, 0) is 16.0 Å². The topological polar surface area (TPSA) is 67.9 Å². The van der Waals surface area contributed by atoms with E-state index in [1.807, 2.05) is 30.0 Å². The summed E-state index contributed by atoms with van der Waals surface area (Å²) in [7, 11) is 3.21. The van der Waals surface area contributed by atoms with Crippen LogP contribution in [0, 0.1) is 0 Å². The van der Waals surface area contributed by atoms with Crippen LogP contribution < -0.4 is 14.8 Å². The van der Waals surface area contributed by atoms with Crippen molar-refractivity contribution in [3.63, 3.8) is 0 Å². The molecule has 1 aromatic rings. The van der Waals surface area contributed by atoms with Gasteiger partial charge in [-0.1, -0.05) is 13.0 Å². The van der Waals surface area contributed by atoms with E-state index in [-0.39, 0.29) is 17.9 Å². The first-order chi connectivity index (χ1) is 12.1. The molecule has 0 aromatic heterocycles. The Morgan fingerprint density at radius 2 is 1.84 bits per heavy atom. The van der Waals surface area contributed by atoms with Crippen LogP contribution in [0.25, 0.3) is 0 Å². The fraction of sp³-hybridized carbons (Fsp3) is 0.579. The molecule has 6 nitrogen and oxygen atoms in total. The molecular formula is C19H28N2O4. The summed E-state index contributed by atoms with van der Waals surface area (Å²) < 4.78 is 10.5. The monoisotopic (exact) mass is 348 g/mol. The normalized spacial score (nSPS) is 14.9. The molecule has 1 saturated heterocycles. The van der Waals surface area contributed by atoms with Gasteiger partial charge in [-0.25, -0.2) is 0 Å². The van der Waals surface area contributed by atoms with Gasteiger partial charge in [-0.15, -0.1) is 0 Å². The van der Waals surface area contributed by atoms with Crippen molar-refractivity contribution >= 4 is 11.8 Å². The molecule has 1 N–H and O–H groups in total. The van der Waals surface area contributed by atoms with Crippen molar-refractivity contribution in [3.8, 4) is 11.5 Å². The molecule has 0 saturated carbocycles. The fourth-order valence-corrected chi connectivity index (χ4v) is 3.05. The SMILES string of the molecule is CCC(=O)NC1CCN(C(=O)CCc2ccc(OC)c(OC)c2)CC1. The largest absolute Gasteiger partial charge is 0.493 e. The number of methoxy groups -OCH3 is 2. The lowest BCUT2D eigenvalue weighted by Gasteiger charge is -2.32. The number of amides is 2. The Morgan fingerprint density at radius 1 is 1.16 bits per heavy atom. The number of benzene rings is 1. The summed E-state index contributed by atoms with van der Waals surface area (Å²) in [4.78, 5) is 25.8. The number of nitrogens with one attached hydrogen (secondary N) is 1. The Morgan fingerprint density at radius 3 is 2.44 bits per heavy atom. The maximum Gasteiger partial charge on any atom is 0.222 e. The van der Waals surface area contributed by atoms with E-state index in [1.54, 1.807) is 14.2 Å². The predicted molar refractivity (Wildman–Crippen MR) is 95.9 cm³/mol. The first-order valence-electron chi connectivity index (χ1n) is 8.85. The zero-order chi connectivity index (χ0) is 18.2. The van der Waals surface area contributed by atoms with E-state index in [0.717, 1.165) is 18.4 Å². The Labute approximate surface area is 149 Å². The van der Waals surface area contributed by atoms with Crippen molar-refractivity contribution in [1.82, 2.24) is 10.2 Å². The summed E-state index contributed by atoms with van der Waals surface area (Å²) in [5.41, 5.74) is 1.05. The van der Waals surface area contributed by atoms with Gasteiger partial charge in [-0.05, 0) is 37.0 Å². The highest BCUT2D eigenvalue weighted by atomic mass is 16.5. The molecule has 1 fully saturated rings. The van der Waals surface area contributed by atoms with Crippen molar-refractivity contribution in [2.75, 3.05) is 27.3 Å². The molecule has 6 heteroatoms. The van der Waals surface area contributed by atoms with Crippen LogP contribution in [0.3, 0.4) is 0 Å². The number of likely N-dealkylation sites (tertiary alicyclic amines) is 1. The number of carbonyl (C=O) groups excluding carboxylic acids is 2. The minimum atomic E-state index is 0.0817. The molecule has 2 amide bonds. The third-order valence-corrected chi connectivity index (χ3v) is 4.61. The average molecular weight is 348 g/mol. The highest BCUT2D eigenvalue weighted by Crippen LogP contribution is 2.28. The summed E-state index contributed by atoms with van der Waals surface area (Å²) in [6.07, 6.45) is 3.30. The Balaban J connectivity index is 1.80. The second-order valence-corrected chi connectivity index (χ2v) is 6.27. The van der Waals surface area contributed by atoms with Crippen LogP contribution in [0.2, 0.25) is 0 Å². The number of ether oxygens (including phenoxy) is 2. The number of hydrogen-bond acceptors (Lipinski definition) is 4. The van der Waals surface area contributed by atoms with Gasteiger partial charge in [0.1, 0.15) is 0 Å². The Hall–Kier alpha value is -2.24. The predicted octanol–water partition coefficient (Wildman–Crippen LogP) is 2.15. The highest BCUT2D eigenvalue weighted by Gasteiger charge is 2.23. The molecule has 1 heterocycles. The minimum Gasteiger partial charge on any atom is -0.493 e. The second-order valence-electron chi connectivity index (χ2n) is 6.27. The van der Waals surface area contributed by atoms with Crippen LogP contribution in [0.15, 0.2) is 18.2 Å². The van der Waals surface area contributed by atoms with E-state index < -0.39 is 0 Å². The molecule has 0 bridgehead atoms. The van der Waals surface area contributed by atoms with E-state index in [4.69, 9.17) is 9.47 Å². The standard InChI is InChI=1S/C19H28N2O4/c1-4-18(22)20-15-9-11-21(12-10-15)19(23)8-6-14-5-7-16(24-2)17(13-14)25-3/h5,7,13,15H,4,6,8-12H2,1-3H3,(H,20,22). The molecule has 0 aliphatic carbocycles. The van der Waals surface area contributed by atoms with Gasteiger partial charge in [-0.2, -0.15) is 0 Å². The van der Waals surface area contributed by atoms with Crippen molar-refractivity contribution in [3.05, 3.63) is 23.8 Å². The van der Waals surface area contributed by atoms with E-state index in [0.29, 0.717) is 43.9 Å². The fourth-order valence-electron chi connectivity index (χ4n) is 3.05. The van der Waals surface area contributed by atoms with Crippen LogP contribution in [0.4, 0.5) is 0 Å². The molecule has 0 radical (unpaired) electrons. The third-order valence-electron chi connectivity index (χ3n) is 4.61. The molecule has 1 aliphatic heterocycles. The van der Waals surface area contributed by atoms with Crippen molar-refractivity contribution in [2.24, 2.45) is 0 Å². The Kier molecular flexibility index (Phi) is 7.10. The lowest BCUT2D eigenvalue weighted by Crippen LogP contribution is -2.46. The van der Waals surface area contributed by atoms with Crippen molar-refractivity contribution in [1.29, 1.82) is 0 Å².